The summed E-state index contributed by atoms with van der Waals surface area (Å²) >= 11 is 0. The monoisotopic (exact) mass is 190 g/mol. The van der Waals surface area contributed by atoms with Gasteiger partial charge in [0.2, 0.25) is 0 Å². The van der Waals surface area contributed by atoms with Crippen molar-refractivity contribution >= 4 is 17.7 Å². The summed E-state index contributed by atoms with van der Waals surface area (Å²) in [7, 11) is 0. The summed E-state index contributed by atoms with van der Waals surface area (Å²) in [6.07, 6.45) is 0. The Hall–Kier alpha value is 0.610. The molecule has 0 aliphatic rings. The number of carboxylic acids is 2. The summed E-state index contributed by atoms with van der Waals surface area (Å²) in [5.41, 5.74) is 0. The predicted molar refractivity (Wildman–Crippen MR) is 24.2 cm³/mol. The normalized spacial score (nSPS) is 7.83. The second-order valence-corrected chi connectivity index (χ2v) is 1.68. The van der Waals surface area contributed by atoms with Crippen LogP contribution in [0.4, 0.5) is 0 Å². The van der Waals surface area contributed by atoms with E-state index in [0.29, 0.717) is 0 Å². The van der Waals surface area contributed by atoms with Gasteiger partial charge in [-0.05, 0) is 6.92 Å². The molecule has 0 aliphatic carbocycles. The Labute approximate surface area is 113 Å². The number of carboxylic acid groups (broad SMARTS) is 2. The molecule has 0 aromatic rings. The Bertz CT molecular complexity index is 157. The maximum absolute atomic E-state index is 10.2. The largest absolute Gasteiger partial charge is 1.00 e. The summed E-state index contributed by atoms with van der Waals surface area (Å²) in [6, 6.07) is 0. The zero-order valence-electron chi connectivity index (χ0n) is 7.12. The van der Waals surface area contributed by atoms with Crippen LogP contribution in [0, 0.1) is 5.92 Å². The molecule has 7 heteroatoms. The number of Topliss-reactive ketones (excluding diaryl/α,β-unsaturated/α-hetero) is 1. The van der Waals surface area contributed by atoms with E-state index in [1.54, 1.807) is 0 Å². The van der Waals surface area contributed by atoms with Crippen LogP contribution in [-0.4, -0.2) is 17.7 Å². The van der Waals surface area contributed by atoms with Crippen LogP contribution in [0.3, 0.4) is 0 Å². The van der Waals surface area contributed by atoms with Crippen LogP contribution in [0.5, 0.6) is 0 Å². The molecule has 0 unspecified atom stereocenters. The molecule has 5 nitrogen and oxygen atoms in total. The van der Waals surface area contributed by atoms with Crippen LogP contribution in [0.2, 0.25) is 0 Å². The van der Waals surface area contributed by atoms with Gasteiger partial charge in [0.1, 0.15) is 5.78 Å². The third-order valence-corrected chi connectivity index (χ3v) is 0.878. The minimum atomic E-state index is -2.14. The molecule has 0 rings (SSSR count). The molecular weight excluding hydrogens is 186 g/mol. The fourth-order valence-electron chi connectivity index (χ4n) is 0.428. The van der Waals surface area contributed by atoms with Crippen molar-refractivity contribution < 1.29 is 83.7 Å². The average Bonchev–Trinajstić information content (AvgIpc) is 1.59. The Morgan fingerprint density at radius 3 is 1.25 bits per heavy atom. The molecule has 0 heterocycles. The molecule has 0 atom stereocenters. The zero-order chi connectivity index (χ0) is 8.31. The molecule has 0 aromatic heterocycles. The van der Waals surface area contributed by atoms with E-state index in [1.807, 2.05) is 0 Å². The molecule has 0 amide bonds. The van der Waals surface area contributed by atoms with Crippen LogP contribution in [0.15, 0.2) is 0 Å². The number of aliphatic carboxylic acids is 2. The van der Waals surface area contributed by atoms with Crippen molar-refractivity contribution in [3.05, 3.63) is 0 Å². The van der Waals surface area contributed by atoms with Gasteiger partial charge >= 0.3 is 59.1 Å². The first-order valence-electron chi connectivity index (χ1n) is 2.39. The van der Waals surface area contributed by atoms with Crippen molar-refractivity contribution in [1.82, 2.24) is 0 Å². The Balaban J connectivity index is -0.000000405. The maximum atomic E-state index is 10.2. The maximum Gasteiger partial charge on any atom is 1.00 e. The molecule has 0 spiro atoms. The first-order chi connectivity index (χ1) is 4.46. The Kier molecular flexibility index (Phi) is 12.6. The van der Waals surface area contributed by atoms with Crippen molar-refractivity contribution in [2.75, 3.05) is 0 Å². The van der Waals surface area contributed by atoms with Crippen molar-refractivity contribution in [2.24, 2.45) is 5.92 Å². The third-order valence-electron chi connectivity index (χ3n) is 0.878. The molecule has 0 fully saturated rings. The van der Waals surface area contributed by atoms with E-state index in [4.69, 9.17) is 0 Å². The minimum Gasteiger partial charge on any atom is -0.549 e. The second-order valence-electron chi connectivity index (χ2n) is 1.68. The van der Waals surface area contributed by atoms with Gasteiger partial charge in [-0.3, -0.25) is 4.79 Å². The van der Waals surface area contributed by atoms with E-state index in [0.717, 1.165) is 6.92 Å². The van der Waals surface area contributed by atoms with E-state index in [9.17, 15) is 24.6 Å². The number of rotatable bonds is 3. The minimum absolute atomic E-state index is 0. The molecule has 0 bridgehead atoms. The Morgan fingerprint density at radius 1 is 1.00 bits per heavy atom. The van der Waals surface area contributed by atoms with Crippen molar-refractivity contribution in [2.45, 2.75) is 6.92 Å². The van der Waals surface area contributed by atoms with Gasteiger partial charge < -0.3 is 19.8 Å². The van der Waals surface area contributed by atoms with Gasteiger partial charge in [0.15, 0.2) is 0 Å². The zero-order valence-corrected chi connectivity index (χ0v) is 11.1. The van der Waals surface area contributed by atoms with Gasteiger partial charge in [-0.15, -0.1) is 0 Å². The smallest absolute Gasteiger partial charge is 0.549 e. The number of carbonyl (C=O) groups is 3. The van der Waals surface area contributed by atoms with E-state index in [-0.39, 0.29) is 59.1 Å². The number of carbonyl (C=O) groups excluding carboxylic acids is 3. The standard InChI is InChI=1S/C5H6O5.2Na/c1-2(6)3(4(7)8)5(9)10;;/h3H,1H3,(H,7,8)(H,9,10);;/q;2*+1/p-2. The summed E-state index contributed by atoms with van der Waals surface area (Å²) in [4.78, 5) is 29.8. The van der Waals surface area contributed by atoms with Crippen molar-refractivity contribution in [3.8, 4) is 0 Å². The average molecular weight is 190 g/mol. The second kappa shape index (κ2) is 8.22. The number of hydrogen-bond donors (Lipinski definition) is 0. The SMILES string of the molecule is CC(=O)C(C(=O)[O-])C(=O)[O-].[Na+].[Na+]. The number of hydrogen-bond acceptors (Lipinski definition) is 5. The molecule has 0 aliphatic heterocycles. The summed E-state index contributed by atoms with van der Waals surface area (Å²) in [5.74, 6) is -7.01. The fourth-order valence-corrected chi connectivity index (χ4v) is 0.428. The quantitative estimate of drug-likeness (QED) is 0.325. The molecule has 12 heavy (non-hydrogen) atoms. The van der Waals surface area contributed by atoms with Crippen molar-refractivity contribution in [3.63, 3.8) is 0 Å². The van der Waals surface area contributed by atoms with Gasteiger partial charge in [-0.2, -0.15) is 0 Å². The van der Waals surface area contributed by atoms with Crippen LogP contribution in [-0.2, 0) is 14.4 Å². The molecule has 0 radical (unpaired) electrons. The van der Waals surface area contributed by atoms with E-state index < -0.39 is 23.6 Å². The van der Waals surface area contributed by atoms with E-state index in [2.05, 4.69) is 0 Å². The molecule has 0 saturated carbocycles. The predicted octanol–water partition coefficient (Wildman–Crippen LogP) is -9.30. The van der Waals surface area contributed by atoms with Crippen LogP contribution < -0.4 is 69.3 Å². The molecule has 56 valence electrons. The number of ketones is 1. The van der Waals surface area contributed by atoms with Gasteiger partial charge in [0, 0.05) is 0 Å². The van der Waals surface area contributed by atoms with Gasteiger partial charge in [0.25, 0.3) is 0 Å². The van der Waals surface area contributed by atoms with Gasteiger partial charge in [-0.1, -0.05) is 0 Å². The third kappa shape index (κ3) is 6.16. The van der Waals surface area contributed by atoms with Crippen LogP contribution in [0.25, 0.3) is 0 Å². The van der Waals surface area contributed by atoms with Gasteiger partial charge in [0.05, 0.1) is 17.9 Å². The molecular formula is C5H4Na2O5. The van der Waals surface area contributed by atoms with Crippen LogP contribution in [0.1, 0.15) is 6.92 Å². The summed E-state index contributed by atoms with van der Waals surface area (Å²) in [6.45, 7) is 0.844. The fraction of sp³-hybridized carbons (Fsp3) is 0.400. The van der Waals surface area contributed by atoms with Gasteiger partial charge in [-0.25, -0.2) is 0 Å². The summed E-state index contributed by atoms with van der Waals surface area (Å²) < 4.78 is 0. The Morgan fingerprint density at radius 2 is 1.25 bits per heavy atom. The molecule has 0 aromatic carbocycles. The van der Waals surface area contributed by atoms with E-state index in [1.165, 1.54) is 0 Å². The van der Waals surface area contributed by atoms with Crippen molar-refractivity contribution in [1.29, 1.82) is 0 Å². The molecule has 0 saturated heterocycles. The first kappa shape index (κ1) is 18.4. The topological polar surface area (TPSA) is 97.3 Å². The summed E-state index contributed by atoms with van der Waals surface area (Å²) in [5, 5.41) is 19.7. The van der Waals surface area contributed by atoms with Crippen LogP contribution >= 0.6 is 0 Å². The van der Waals surface area contributed by atoms with E-state index >= 15 is 0 Å². The first-order valence-corrected chi connectivity index (χ1v) is 2.39. The molecule has 0 N–H and O–H groups in total.